The van der Waals surface area contributed by atoms with Crippen LogP contribution in [0.4, 0.5) is 0 Å². The van der Waals surface area contributed by atoms with Gasteiger partial charge in [0.05, 0.1) is 0 Å². The molecular formula is C5H5Cl3NZr. The Morgan fingerprint density at radius 2 is 1.10 bits per heavy atom. The van der Waals surface area contributed by atoms with Crippen molar-refractivity contribution in [1.29, 1.82) is 0 Å². The minimum Gasteiger partial charge on any atom is -1.00 e. The van der Waals surface area contributed by atoms with Crippen LogP contribution in [0.15, 0.2) is 30.6 Å². The maximum absolute atomic E-state index is 3.78. The van der Waals surface area contributed by atoms with Crippen LogP contribution >= 0.6 is 0 Å². The van der Waals surface area contributed by atoms with Crippen molar-refractivity contribution >= 4 is 0 Å². The second-order valence-corrected chi connectivity index (χ2v) is 1.02. The summed E-state index contributed by atoms with van der Waals surface area (Å²) in [5.41, 5.74) is 0. The molecule has 0 aliphatic rings. The third-order valence-corrected chi connectivity index (χ3v) is 0.566. The molecule has 1 heterocycles. The Morgan fingerprint density at radius 1 is 0.700 bits per heavy atom. The van der Waals surface area contributed by atoms with Gasteiger partial charge in [-0.15, -0.1) is 0 Å². The molecule has 10 heavy (non-hydrogen) atoms. The van der Waals surface area contributed by atoms with Crippen molar-refractivity contribution in [2.24, 2.45) is 0 Å². The SMILES string of the molecule is [Cl-].[Cl-].[Cl-].[Zr+3].c1ccncc1. The predicted molar refractivity (Wildman–Crippen MR) is 24.2 cm³/mol. The van der Waals surface area contributed by atoms with Crippen LogP contribution in [0.1, 0.15) is 0 Å². The standard InChI is InChI=1S/C5H5N.3ClH.Zr/c1-2-4-6-5-3-1;;;;/h1-5H;3*1H;/q;;;;+3/p-3. The van der Waals surface area contributed by atoms with Gasteiger partial charge in [-0.1, -0.05) is 6.07 Å². The molecule has 5 heteroatoms. The molecule has 0 saturated heterocycles. The summed E-state index contributed by atoms with van der Waals surface area (Å²) in [6, 6.07) is 5.72. The van der Waals surface area contributed by atoms with Gasteiger partial charge in [-0.3, -0.25) is 4.98 Å². The Labute approximate surface area is 98.4 Å². The zero-order valence-electron chi connectivity index (χ0n) is 4.97. The van der Waals surface area contributed by atoms with Crippen LogP contribution in [0.2, 0.25) is 0 Å². The van der Waals surface area contributed by atoms with Crippen LogP contribution in [0.3, 0.4) is 0 Å². The number of hydrogen-bond acceptors (Lipinski definition) is 1. The third-order valence-electron chi connectivity index (χ3n) is 0.566. The molecule has 1 aromatic heterocycles. The number of pyridine rings is 1. The maximum Gasteiger partial charge on any atom is 3.00 e. The van der Waals surface area contributed by atoms with Gasteiger partial charge in [-0.2, -0.15) is 0 Å². The quantitative estimate of drug-likeness (QED) is 0.459. The van der Waals surface area contributed by atoms with E-state index in [4.69, 9.17) is 0 Å². The van der Waals surface area contributed by atoms with Crippen LogP contribution in [0.25, 0.3) is 0 Å². The Hall–Kier alpha value is 0.903. The van der Waals surface area contributed by atoms with Gasteiger partial charge in [0.25, 0.3) is 0 Å². The topological polar surface area (TPSA) is 12.9 Å². The molecular weight excluding hydrogens is 272 g/mol. The first kappa shape index (κ1) is 22.4. The first-order chi connectivity index (χ1) is 3.00. The summed E-state index contributed by atoms with van der Waals surface area (Å²) >= 11 is 0. The van der Waals surface area contributed by atoms with Gasteiger partial charge in [0.1, 0.15) is 0 Å². The molecule has 0 amide bonds. The van der Waals surface area contributed by atoms with Crippen molar-refractivity contribution in [3.63, 3.8) is 0 Å². The Balaban J connectivity index is -0.0000000450. The van der Waals surface area contributed by atoms with Gasteiger partial charge in [-0.05, 0) is 12.1 Å². The Kier molecular flexibility index (Phi) is 37.0. The molecule has 55 valence electrons. The van der Waals surface area contributed by atoms with E-state index in [0.29, 0.717) is 0 Å². The number of nitrogens with zero attached hydrogens (tertiary/aromatic N) is 1. The molecule has 1 nitrogen and oxygen atoms in total. The van der Waals surface area contributed by atoms with Crippen molar-refractivity contribution in [3.8, 4) is 0 Å². The summed E-state index contributed by atoms with van der Waals surface area (Å²) in [5, 5.41) is 0. The molecule has 1 aromatic rings. The normalized spacial score (nSPS) is 4.80. The van der Waals surface area contributed by atoms with Crippen LogP contribution in [0.5, 0.6) is 0 Å². The van der Waals surface area contributed by atoms with Crippen molar-refractivity contribution in [2.75, 3.05) is 0 Å². The van der Waals surface area contributed by atoms with Crippen LogP contribution < -0.4 is 37.2 Å². The molecule has 0 fully saturated rings. The molecule has 0 aliphatic heterocycles. The zero-order chi connectivity index (χ0) is 4.24. The fourth-order valence-electron chi connectivity index (χ4n) is 0.313. The van der Waals surface area contributed by atoms with Crippen LogP contribution in [0, 0.1) is 0 Å². The summed E-state index contributed by atoms with van der Waals surface area (Å²) in [5.74, 6) is 0. The van der Waals surface area contributed by atoms with Crippen molar-refractivity contribution < 1.29 is 63.4 Å². The zero-order valence-corrected chi connectivity index (χ0v) is 9.69. The Morgan fingerprint density at radius 3 is 1.20 bits per heavy atom. The van der Waals surface area contributed by atoms with E-state index in [1.165, 1.54) is 0 Å². The van der Waals surface area contributed by atoms with Gasteiger partial charge in [0.15, 0.2) is 0 Å². The van der Waals surface area contributed by atoms with Crippen molar-refractivity contribution in [3.05, 3.63) is 30.6 Å². The fraction of sp³-hybridized carbons (Fsp3) is 0. The molecule has 0 aliphatic carbocycles. The first-order valence-corrected chi connectivity index (χ1v) is 1.85. The largest absolute Gasteiger partial charge is 3.00 e. The van der Waals surface area contributed by atoms with E-state index in [1.807, 2.05) is 18.2 Å². The van der Waals surface area contributed by atoms with E-state index in [9.17, 15) is 0 Å². The second-order valence-electron chi connectivity index (χ2n) is 1.02. The summed E-state index contributed by atoms with van der Waals surface area (Å²) in [6.07, 6.45) is 3.50. The van der Waals surface area contributed by atoms with E-state index in [0.717, 1.165) is 0 Å². The summed E-state index contributed by atoms with van der Waals surface area (Å²) in [4.78, 5) is 3.78. The smallest absolute Gasteiger partial charge is 1.00 e. The molecule has 0 bridgehead atoms. The average Bonchev–Trinajstić information content (AvgIpc) is 1.72. The van der Waals surface area contributed by atoms with Crippen molar-refractivity contribution in [2.45, 2.75) is 0 Å². The Bertz CT molecular complexity index is 88.8. The molecule has 0 spiro atoms. The molecule has 0 unspecified atom stereocenters. The average molecular weight is 277 g/mol. The fourth-order valence-corrected chi connectivity index (χ4v) is 0.313. The van der Waals surface area contributed by atoms with Gasteiger partial charge in [-0.25, -0.2) is 0 Å². The van der Waals surface area contributed by atoms with E-state index in [-0.39, 0.29) is 63.4 Å². The minimum absolute atomic E-state index is 0. The molecule has 0 atom stereocenters. The van der Waals surface area contributed by atoms with Crippen molar-refractivity contribution in [1.82, 2.24) is 4.98 Å². The third kappa shape index (κ3) is 11.7. The minimum atomic E-state index is 0. The number of hydrogen-bond donors (Lipinski definition) is 0. The summed E-state index contributed by atoms with van der Waals surface area (Å²) in [6.45, 7) is 0. The predicted octanol–water partition coefficient (Wildman–Crippen LogP) is -7.91. The monoisotopic (exact) mass is 274 g/mol. The molecule has 1 rings (SSSR count). The van der Waals surface area contributed by atoms with Crippen LogP contribution in [-0.4, -0.2) is 4.98 Å². The van der Waals surface area contributed by atoms with E-state index in [1.54, 1.807) is 12.4 Å². The molecule has 0 saturated carbocycles. The first-order valence-electron chi connectivity index (χ1n) is 1.85. The number of halogens is 3. The molecule has 0 N–H and O–H groups in total. The molecule has 0 aromatic carbocycles. The number of aromatic nitrogens is 1. The van der Waals surface area contributed by atoms with Crippen LogP contribution in [-0.2, 0) is 26.2 Å². The second kappa shape index (κ2) is 16.5. The van der Waals surface area contributed by atoms with Gasteiger partial charge >= 0.3 is 26.2 Å². The summed E-state index contributed by atoms with van der Waals surface area (Å²) in [7, 11) is 0. The van der Waals surface area contributed by atoms with E-state index >= 15 is 0 Å². The van der Waals surface area contributed by atoms with Gasteiger partial charge < -0.3 is 37.2 Å². The van der Waals surface area contributed by atoms with E-state index < -0.39 is 0 Å². The van der Waals surface area contributed by atoms with Gasteiger partial charge in [0.2, 0.25) is 0 Å². The van der Waals surface area contributed by atoms with E-state index in [2.05, 4.69) is 4.98 Å². The van der Waals surface area contributed by atoms with Gasteiger partial charge in [0, 0.05) is 12.4 Å². The molecule has 1 radical (unpaired) electrons. The number of rotatable bonds is 0. The maximum atomic E-state index is 3.78. The summed E-state index contributed by atoms with van der Waals surface area (Å²) < 4.78 is 0.